The van der Waals surface area contributed by atoms with E-state index in [-0.39, 0.29) is 53.1 Å². The fourth-order valence-electron chi connectivity index (χ4n) is 7.71. The van der Waals surface area contributed by atoms with E-state index in [0.717, 1.165) is 65.7 Å². The molecule has 0 aliphatic carbocycles. The first-order valence-electron chi connectivity index (χ1n) is 24.2. The highest BCUT2D eigenvalue weighted by Crippen LogP contribution is 2.27. The predicted molar refractivity (Wildman–Crippen MR) is 331 cm³/mol. The molecule has 12 aromatic rings. The van der Waals surface area contributed by atoms with Crippen LogP contribution in [-0.2, 0) is 26.0 Å². The van der Waals surface area contributed by atoms with E-state index in [2.05, 4.69) is 99.2 Å². The smallest absolute Gasteiger partial charge is 0.169 e. The minimum Gasteiger partial charge on any atom is -0.399 e. The molecule has 438 valence electrons. The van der Waals surface area contributed by atoms with E-state index in [1.54, 1.807) is 66.0 Å². The van der Waals surface area contributed by atoms with Crippen LogP contribution in [0.4, 0.5) is 46.5 Å². The molecule has 0 saturated carbocycles. The second-order valence-electron chi connectivity index (χ2n) is 17.6. The molecule has 13 nitrogen and oxygen atoms in total. The number of aldehydes is 1. The Morgan fingerprint density at radius 2 is 0.965 bits per heavy atom. The Morgan fingerprint density at radius 3 is 1.48 bits per heavy atom. The van der Waals surface area contributed by atoms with Crippen LogP contribution in [0.3, 0.4) is 0 Å². The number of nitrogen functional groups attached to an aromatic ring is 1. The van der Waals surface area contributed by atoms with Crippen LogP contribution in [0.1, 0.15) is 27.0 Å². The molecule has 0 saturated heterocycles. The van der Waals surface area contributed by atoms with Crippen LogP contribution in [0.5, 0.6) is 0 Å². The maximum Gasteiger partial charge on any atom is 0.169 e. The SMILES string of the molecule is CON=Cc1cc(Br)cc(F)c1F.Cl.Cn1cc2cc(Br)cc(F)c2n1.Cn1cc2cc(N)cc(F)c2n1.Cn1cc2cc(N=C(c3ccccc3)c3ccccc3)cc(F)c2n1.Fc1cc(Br)cc2cn[nH]c12.O=Cc1cc(Br)cc(F)c1F. The van der Waals surface area contributed by atoms with Crippen molar-refractivity contribution in [3.63, 3.8) is 0 Å². The van der Waals surface area contributed by atoms with Crippen LogP contribution in [-0.4, -0.2) is 64.9 Å². The van der Waals surface area contributed by atoms with E-state index in [1.165, 1.54) is 43.5 Å². The molecule has 3 N–H and O–H groups in total. The lowest BCUT2D eigenvalue weighted by molar-refractivity contribution is 0.111. The zero-order valence-corrected chi connectivity index (χ0v) is 51.7. The van der Waals surface area contributed by atoms with Crippen molar-refractivity contribution >= 4 is 149 Å². The summed E-state index contributed by atoms with van der Waals surface area (Å²) in [7, 11) is 6.62. The topological polar surface area (TPSA) is 159 Å². The highest BCUT2D eigenvalue weighted by Gasteiger charge is 2.13. The van der Waals surface area contributed by atoms with Crippen molar-refractivity contribution in [3.05, 3.63) is 245 Å². The average Bonchev–Trinajstić information content (AvgIpc) is 4.43. The number of anilines is 1. The number of hydrogen-bond donors (Lipinski definition) is 2. The molecular weight excluding hydrogens is 1400 g/mol. The van der Waals surface area contributed by atoms with Crippen LogP contribution in [0.25, 0.3) is 43.6 Å². The molecule has 12 rings (SSSR count). The first kappa shape index (κ1) is 66.0. The van der Waals surface area contributed by atoms with Gasteiger partial charge in [-0.3, -0.25) is 23.9 Å². The van der Waals surface area contributed by atoms with E-state index in [1.807, 2.05) is 78.9 Å². The van der Waals surface area contributed by atoms with Gasteiger partial charge in [-0.2, -0.15) is 20.4 Å². The van der Waals surface area contributed by atoms with Crippen LogP contribution in [0.2, 0.25) is 0 Å². The van der Waals surface area contributed by atoms with Crippen LogP contribution in [0, 0.1) is 46.5 Å². The largest absolute Gasteiger partial charge is 0.399 e. The van der Waals surface area contributed by atoms with E-state index >= 15 is 0 Å². The first-order valence-corrected chi connectivity index (χ1v) is 27.4. The van der Waals surface area contributed by atoms with Crippen molar-refractivity contribution < 1.29 is 44.8 Å². The van der Waals surface area contributed by atoms with Crippen molar-refractivity contribution in [3.8, 4) is 0 Å². The number of H-pyrrole nitrogens is 1. The maximum atomic E-state index is 14.4. The van der Waals surface area contributed by atoms with Crippen LogP contribution >= 0.6 is 76.1 Å². The number of aromatic nitrogens is 8. The van der Waals surface area contributed by atoms with Gasteiger partial charge in [0, 0.05) is 108 Å². The number of nitrogens with one attached hydrogen (secondary N) is 1. The molecule has 0 spiro atoms. The van der Waals surface area contributed by atoms with Crippen molar-refractivity contribution in [1.82, 2.24) is 39.5 Å². The van der Waals surface area contributed by atoms with Crippen LogP contribution in [0.15, 0.2) is 186 Å². The van der Waals surface area contributed by atoms with Gasteiger partial charge in [-0.1, -0.05) is 130 Å². The maximum absolute atomic E-state index is 14.4. The molecule has 4 aromatic heterocycles. The minimum absolute atomic E-state index is 0. The third kappa shape index (κ3) is 18.0. The summed E-state index contributed by atoms with van der Waals surface area (Å²) in [5.74, 6) is -5.31. The van der Waals surface area contributed by atoms with E-state index < -0.39 is 23.3 Å². The summed E-state index contributed by atoms with van der Waals surface area (Å²) >= 11 is 12.4. The third-order valence-electron chi connectivity index (χ3n) is 11.3. The molecule has 26 heteroatoms. The standard InChI is InChI=1S/C21H16FN3.C8H6BrF2NO.C8H6BrFN2.C8H8FN3.C7H3BrF2O.C7H4BrFN2.ClH/c1-25-14-17-12-18(13-19(22)21(17)24-25)23-20(15-8-4-2-5-9-15)16-10-6-3-7-11-16;1-13-12-4-5-2-6(9)3-7(10)8(5)11;1-12-4-5-2-6(9)3-7(10)8(5)11-12;1-12-4-5-2-6(10)3-7(9)8(5)11-12;8-5-1-4(3-11)7(10)6(9)2-5;8-5-1-4-3-10-11-7(4)6(9)2-5;/h2-14H,1H3;2-4H,1H3;2-4H,1H3;2-4H,10H2,1H3;1-3H;1-3H,(H,10,11);1H. The van der Waals surface area contributed by atoms with Crippen molar-refractivity contribution in [2.45, 2.75) is 0 Å². The van der Waals surface area contributed by atoms with E-state index in [9.17, 15) is 39.9 Å². The number of benzene rings is 8. The number of oxime groups is 1. The molecule has 0 fully saturated rings. The summed E-state index contributed by atoms with van der Waals surface area (Å²) in [4.78, 5) is 19.2. The normalized spacial score (nSPS) is 10.5. The van der Waals surface area contributed by atoms with Crippen molar-refractivity contribution in [2.75, 3.05) is 12.8 Å². The van der Waals surface area contributed by atoms with Crippen molar-refractivity contribution in [2.24, 2.45) is 31.3 Å². The van der Waals surface area contributed by atoms with E-state index in [4.69, 9.17) is 10.7 Å². The Balaban J connectivity index is 0.000000169. The summed E-state index contributed by atoms with van der Waals surface area (Å²) < 4.78 is 111. The molecule has 0 unspecified atom stereocenters. The molecule has 8 aromatic carbocycles. The number of carbonyl (C=O) groups excluding carboxylic acids is 1. The number of aromatic amines is 1. The van der Waals surface area contributed by atoms with Gasteiger partial charge < -0.3 is 10.6 Å². The molecule has 4 heterocycles. The van der Waals surface area contributed by atoms with Gasteiger partial charge in [0.05, 0.1) is 29.4 Å². The Labute approximate surface area is 519 Å². The molecule has 0 bridgehead atoms. The number of nitrogens with two attached hydrogens (primary N) is 1. The molecule has 0 radical (unpaired) electrons. The van der Waals surface area contributed by atoms with Gasteiger partial charge in [-0.15, -0.1) is 12.4 Å². The number of nitrogens with zero attached hydrogens (tertiary/aromatic N) is 9. The lowest BCUT2D eigenvalue weighted by Gasteiger charge is -2.08. The lowest BCUT2D eigenvalue weighted by atomic mass is 10.0. The number of halogens is 13. The summed E-state index contributed by atoms with van der Waals surface area (Å²) in [5.41, 5.74) is 10.6. The first-order chi connectivity index (χ1) is 40.1. The lowest BCUT2D eigenvalue weighted by Crippen LogP contribution is -2.02. The fourth-order valence-corrected chi connectivity index (χ4v) is 9.50. The van der Waals surface area contributed by atoms with Gasteiger partial charge in [0.25, 0.3) is 0 Å². The molecule has 0 amide bonds. The zero-order chi connectivity index (χ0) is 60.8. The quantitative estimate of drug-likeness (QED) is 0.0419. The molecular formula is C59H44Br4ClF8N11O2. The number of fused-ring (bicyclic) bond motifs is 4. The minimum atomic E-state index is -1.11. The predicted octanol–water partition coefficient (Wildman–Crippen LogP) is 16.8. The second kappa shape index (κ2) is 30.6. The number of aliphatic imine (C=N–C) groups is 1. The zero-order valence-electron chi connectivity index (χ0n) is 44.5. The Morgan fingerprint density at radius 1 is 0.541 bits per heavy atom. The summed E-state index contributed by atoms with van der Waals surface area (Å²) in [6.07, 6.45) is 8.26. The van der Waals surface area contributed by atoms with E-state index in [0.29, 0.717) is 42.4 Å². The summed E-state index contributed by atoms with van der Waals surface area (Å²) in [6, 6.07) is 37.2. The molecule has 0 aliphatic heterocycles. The Hall–Kier alpha value is -8.10. The Kier molecular flexibility index (Phi) is 23.8. The molecule has 85 heavy (non-hydrogen) atoms. The van der Waals surface area contributed by atoms with Gasteiger partial charge in [-0.25, -0.2) is 40.1 Å². The number of aryl methyl sites for hydroxylation is 3. The van der Waals surface area contributed by atoms with Gasteiger partial charge in [0.1, 0.15) is 35.0 Å². The molecule has 0 aliphatic rings. The number of rotatable bonds is 6. The van der Waals surface area contributed by atoms with Crippen molar-refractivity contribution in [1.29, 1.82) is 0 Å². The van der Waals surface area contributed by atoms with Gasteiger partial charge in [0.15, 0.2) is 47.0 Å². The summed E-state index contributed by atoms with van der Waals surface area (Å²) in [5, 5.41) is 24.7. The van der Waals surface area contributed by atoms with Gasteiger partial charge >= 0.3 is 0 Å². The van der Waals surface area contributed by atoms with Crippen LogP contribution < -0.4 is 5.73 Å². The number of hydrogen-bond acceptors (Lipinski definition) is 9. The average molecular weight is 1450 g/mol. The fraction of sp³-hybridized carbons (Fsp3) is 0.0678. The third-order valence-corrected chi connectivity index (χ3v) is 13.1. The highest BCUT2D eigenvalue weighted by molar-refractivity contribution is 9.11. The Bertz CT molecular complexity index is 4210. The molecule has 0 atom stereocenters. The van der Waals surface area contributed by atoms with Gasteiger partial charge in [0.2, 0.25) is 0 Å². The summed E-state index contributed by atoms with van der Waals surface area (Å²) in [6.45, 7) is 0. The number of carbonyl (C=O) groups is 1. The second-order valence-corrected chi connectivity index (χ2v) is 21.2. The monoisotopic (exact) mass is 1440 g/mol. The highest BCUT2D eigenvalue weighted by atomic mass is 79.9. The van der Waals surface area contributed by atoms with Gasteiger partial charge in [-0.05, 0) is 66.7 Å².